The van der Waals surface area contributed by atoms with Gasteiger partial charge in [0.1, 0.15) is 10.0 Å². The Labute approximate surface area is 223 Å². The number of thiazole rings is 2. The van der Waals surface area contributed by atoms with Crippen LogP contribution < -0.4 is 0 Å². The highest BCUT2D eigenvalue weighted by molar-refractivity contribution is 7.32. The summed E-state index contributed by atoms with van der Waals surface area (Å²) in [5.41, 5.74) is -0.829. The molecule has 0 aliphatic heterocycles. The minimum Gasteiger partial charge on any atom is -0.222 e. The zero-order valence-electron chi connectivity index (χ0n) is 18.0. The predicted octanol–water partition coefficient (Wildman–Crippen LogP) is 9.66. The monoisotopic (exact) mass is 602 g/mol. The highest BCUT2D eigenvalue weighted by atomic mass is 32.1. The minimum absolute atomic E-state index is 0.175. The second-order valence-electron chi connectivity index (χ2n) is 7.67. The van der Waals surface area contributed by atoms with E-state index in [2.05, 4.69) is 9.97 Å². The van der Waals surface area contributed by atoms with Crippen molar-refractivity contribution >= 4 is 55.0 Å². The first-order valence-corrected chi connectivity index (χ1v) is 13.5. The highest BCUT2D eigenvalue weighted by Crippen LogP contribution is 2.44. The minimum atomic E-state index is -1.89. The molecule has 0 amide bonds. The fourth-order valence-corrected chi connectivity index (χ4v) is 7.74. The number of thiophene rings is 2. The van der Waals surface area contributed by atoms with Crippen molar-refractivity contribution in [1.82, 2.24) is 9.97 Å². The molecule has 0 atom stereocenters. The number of fused-ring (bicyclic) bond motifs is 1. The van der Waals surface area contributed by atoms with E-state index < -0.39 is 57.7 Å². The largest absolute Gasteiger partial charge is 0.222 e. The fourth-order valence-electron chi connectivity index (χ4n) is 3.55. The van der Waals surface area contributed by atoms with Crippen molar-refractivity contribution in [2.45, 2.75) is 0 Å². The molecule has 0 aliphatic rings. The molecule has 0 fully saturated rings. The maximum absolute atomic E-state index is 14.2. The van der Waals surface area contributed by atoms with E-state index in [1.165, 1.54) is 34.8 Å². The number of hydrogen-bond acceptors (Lipinski definition) is 6. The van der Waals surface area contributed by atoms with Crippen LogP contribution in [0.1, 0.15) is 0 Å². The van der Waals surface area contributed by atoms with Crippen LogP contribution in [0.25, 0.3) is 50.3 Å². The molecule has 0 N–H and O–H groups in total. The summed E-state index contributed by atoms with van der Waals surface area (Å²) >= 11 is 4.42. The van der Waals surface area contributed by atoms with Gasteiger partial charge in [0, 0.05) is 20.9 Å². The van der Waals surface area contributed by atoms with Crippen LogP contribution >= 0.6 is 45.3 Å². The van der Waals surface area contributed by atoms with Crippen LogP contribution in [0.5, 0.6) is 0 Å². The third kappa shape index (κ3) is 4.02. The van der Waals surface area contributed by atoms with Crippen molar-refractivity contribution in [3.8, 4) is 40.7 Å². The van der Waals surface area contributed by atoms with Crippen LogP contribution in [0.15, 0.2) is 36.4 Å². The van der Waals surface area contributed by atoms with Crippen LogP contribution in [0.3, 0.4) is 0 Å². The molecule has 0 saturated heterocycles. The summed E-state index contributed by atoms with van der Waals surface area (Å²) in [4.78, 5) is 11.6. The summed E-state index contributed by atoms with van der Waals surface area (Å²) < 4.78 is 109. The average Bonchev–Trinajstić information content (AvgIpc) is 3.68. The number of nitrogens with zero attached hydrogens (tertiary/aromatic N) is 2. The Morgan fingerprint density at radius 1 is 0.421 bits per heavy atom. The van der Waals surface area contributed by atoms with E-state index in [1.54, 1.807) is 12.1 Å². The number of benzene rings is 2. The van der Waals surface area contributed by atoms with E-state index in [-0.39, 0.29) is 9.75 Å². The predicted molar refractivity (Wildman–Crippen MR) is 132 cm³/mol. The first-order valence-electron chi connectivity index (χ1n) is 10.3. The molecule has 38 heavy (non-hydrogen) atoms. The van der Waals surface area contributed by atoms with Gasteiger partial charge >= 0.3 is 0 Å². The maximum Gasteiger partial charge on any atom is 0.198 e. The molecule has 2 aromatic carbocycles. The van der Waals surface area contributed by atoms with E-state index in [0.717, 1.165) is 22.7 Å². The Morgan fingerprint density at radius 2 is 0.789 bits per heavy atom. The van der Waals surface area contributed by atoms with Crippen molar-refractivity contribution in [2.75, 3.05) is 0 Å². The van der Waals surface area contributed by atoms with Gasteiger partial charge in [0.05, 0.1) is 9.75 Å². The molecule has 6 rings (SSSR count). The standard InChI is InChI=1S/C24H6F8N2S4/c25-9-5-7(15(27)19(31)17(9)29)11-1-3-13(35-11)21-33-23-24(37-21)34-22(38-23)14-4-2-12(36-14)8-6-10(26)18(30)20(32)16(8)28/h1-6H. The van der Waals surface area contributed by atoms with Crippen LogP contribution in [0, 0.1) is 46.5 Å². The second kappa shape index (κ2) is 9.22. The Hall–Kier alpha value is -3.20. The lowest BCUT2D eigenvalue weighted by atomic mass is 10.1. The molecule has 0 spiro atoms. The average molecular weight is 603 g/mol. The van der Waals surface area contributed by atoms with Gasteiger partial charge in [-0.25, -0.2) is 45.1 Å². The fraction of sp³-hybridized carbons (Fsp3) is 0. The summed E-state index contributed by atoms with van der Waals surface area (Å²) in [6.45, 7) is 0. The molecule has 4 aromatic heterocycles. The molecular weight excluding hydrogens is 597 g/mol. The lowest BCUT2D eigenvalue weighted by molar-refractivity contribution is 0.411. The second-order valence-corrected chi connectivity index (χ2v) is 11.8. The third-order valence-electron chi connectivity index (χ3n) is 5.35. The van der Waals surface area contributed by atoms with E-state index in [1.807, 2.05) is 0 Å². The zero-order chi connectivity index (χ0) is 26.9. The zero-order valence-corrected chi connectivity index (χ0v) is 21.3. The van der Waals surface area contributed by atoms with Crippen molar-refractivity contribution in [2.24, 2.45) is 0 Å². The third-order valence-corrected chi connectivity index (χ3v) is 9.95. The number of rotatable bonds is 4. The lowest BCUT2D eigenvalue weighted by Crippen LogP contribution is -1.97. The number of hydrogen-bond donors (Lipinski definition) is 0. The van der Waals surface area contributed by atoms with Gasteiger partial charge in [-0.15, -0.1) is 22.7 Å². The summed E-state index contributed by atoms with van der Waals surface area (Å²) in [7, 11) is 0. The van der Waals surface area contributed by atoms with E-state index >= 15 is 0 Å². The Bertz CT molecular complexity index is 1720. The molecule has 0 unspecified atom stereocenters. The first kappa shape index (κ1) is 25.1. The Kier molecular flexibility index (Phi) is 6.09. The molecule has 0 aliphatic carbocycles. The normalized spacial score (nSPS) is 11.7. The molecule has 4 heterocycles. The summed E-state index contributed by atoms with van der Waals surface area (Å²) in [5.74, 6) is -13.6. The topological polar surface area (TPSA) is 25.8 Å². The van der Waals surface area contributed by atoms with Crippen molar-refractivity contribution in [3.63, 3.8) is 0 Å². The van der Waals surface area contributed by atoms with Gasteiger partial charge < -0.3 is 0 Å². The molecular formula is C24H6F8N2S4. The highest BCUT2D eigenvalue weighted by Gasteiger charge is 2.23. The smallest absolute Gasteiger partial charge is 0.198 e. The molecule has 192 valence electrons. The van der Waals surface area contributed by atoms with Gasteiger partial charge in [0.2, 0.25) is 0 Å². The van der Waals surface area contributed by atoms with E-state index in [0.29, 0.717) is 41.6 Å². The summed E-state index contributed by atoms with van der Waals surface area (Å²) in [6, 6.07) is 7.24. The van der Waals surface area contributed by atoms with Crippen molar-refractivity contribution in [3.05, 3.63) is 82.9 Å². The van der Waals surface area contributed by atoms with Gasteiger partial charge in [-0.3, -0.25) is 0 Å². The van der Waals surface area contributed by atoms with Crippen LogP contribution in [0.4, 0.5) is 35.1 Å². The van der Waals surface area contributed by atoms with Gasteiger partial charge in [0.15, 0.2) is 56.2 Å². The molecule has 0 saturated carbocycles. The molecule has 0 bridgehead atoms. The molecule has 14 heteroatoms. The molecule has 2 nitrogen and oxygen atoms in total. The van der Waals surface area contributed by atoms with Crippen LogP contribution in [0.2, 0.25) is 0 Å². The van der Waals surface area contributed by atoms with Gasteiger partial charge in [0.25, 0.3) is 0 Å². The maximum atomic E-state index is 14.2. The first-order chi connectivity index (χ1) is 18.1. The van der Waals surface area contributed by atoms with Gasteiger partial charge in [-0.2, -0.15) is 0 Å². The van der Waals surface area contributed by atoms with E-state index in [4.69, 9.17) is 0 Å². The molecule has 0 radical (unpaired) electrons. The SMILES string of the molecule is Fc1cc(-c2ccc(-c3nc4sc(-c5ccc(-c6cc(F)c(F)c(F)c6F)s5)nc4s3)s2)c(F)c(F)c1F. The summed E-state index contributed by atoms with van der Waals surface area (Å²) in [6.07, 6.45) is 0. The van der Waals surface area contributed by atoms with Crippen molar-refractivity contribution < 1.29 is 35.1 Å². The Balaban J connectivity index is 1.30. The van der Waals surface area contributed by atoms with Crippen molar-refractivity contribution in [1.29, 1.82) is 0 Å². The summed E-state index contributed by atoms with van der Waals surface area (Å²) in [5, 5.41) is 1.02. The van der Waals surface area contributed by atoms with E-state index in [9.17, 15) is 35.1 Å². The van der Waals surface area contributed by atoms with Gasteiger partial charge in [-0.1, -0.05) is 22.7 Å². The lowest BCUT2D eigenvalue weighted by Gasteiger charge is -2.03. The quantitative estimate of drug-likeness (QED) is 0.114. The van der Waals surface area contributed by atoms with Crippen LogP contribution in [-0.4, -0.2) is 9.97 Å². The number of aromatic nitrogens is 2. The number of halogens is 8. The van der Waals surface area contributed by atoms with Crippen LogP contribution in [-0.2, 0) is 0 Å². The Morgan fingerprint density at radius 3 is 1.18 bits per heavy atom. The molecule has 6 aromatic rings. The van der Waals surface area contributed by atoms with Gasteiger partial charge in [-0.05, 0) is 36.4 Å².